The van der Waals surface area contributed by atoms with Crippen molar-refractivity contribution in [1.29, 1.82) is 0 Å². The van der Waals surface area contributed by atoms with Crippen molar-refractivity contribution in [2.75, 3.05) is 11.4 Å². The number of halogens is 3. The van der Waals surface area contributed by atoms with Gasteiger partial charge in [0.05, 0.1) is 5.56 Å². The third-order valence-electron chi connectivity index (χ3n) is 4.91. The fourth-order valence-electron chi connectivity index (χ4n) is 3.39. The number of nitrogens with zero attached hydrogens (tertiary/aromatic N) is 4. The molecule has 160 valence electrons. The van der Waals surface area contributed by atoms with Gasteiger partial charge in [0, 0.05) is 30.6 Å². The zero-order valence-corrected chi connectivity index (χ0v) is 16.2. The second kappa shape index (κ2) is 8.21. The van der Waals surface area contributed by atoms with Crippen LogP contribution in [-0.4, -0.2) is 33.4 Å². The monoisotopic (exact) mass is 429 g/mol. The number of benzene rings is 1. The molecule has 0 radical (unpaired) electrons. The lowest BCUT2D eigenvalue weighted by Crippen LogP contribution is -2.40. The summed E-state index contributed by atoms with van der Waals surface area (Å²) in [6.07, 6.45) is -0.560. The number of carbonyl (C=O) groups excluding carboxylic acids is 1. The number of anilines is 1. The maximum absolute atomic E-state index is 12.6. The number of hydrogen-bond donors (Lipinski definition) is 1. The molecular formula is C21H18F3N5O2. The molecule has 3 aromatic rings. The fourth-order valence-corrected chi connectivity index (χ4v) is 3.39. The SMILES string of the molecule is NC(=O)C1CCCN1c1ccnc(-c2ccc(Oc3ccc(C(F)(F)F)cn3)cc2)n1. The Labute approximate surface area is 175 Å². The Balaban J connectivity index is 1.49. The Bertz CT molecular complexity index is 1070. The van der Waals surface area contributed by atoms with Crippen molar-refractivity contribution in [3.05, 3.63) is 60.4 Å². The topological polar surface area (TPSA) is 94.2 Å². The summed E-state index contributed by atoms with van der Waals surface area (Å²) < 4.78 is 43.4. The van der Waals surface area contributed by atoms with E-state index in [1.54, 1.807) is 36.5 Å². The highest BCUT2D eigenvalue weighted by molar-refractivity contribution is 5.84. The molecule has 0 bridgehead atoms. The molecule has 1 aromatic carbocycles. The van der Waals surface area contributed by atoms with Crippen LogP contribution >= 0.6 is 0 Å². The van der Waals surface area contributed by atoms with Crippen LogP contribution in [0.4, 0.5) is 19.0 Å². The number of primary amides is 1. The fraction of sp³-hybridized carbons (Fsp3) is 0.238. The van der Waals surface area contributed by atoms with E-state index >= 15 is 0 Å². The highest BCUT2D eigenvalue weighted by Crippen LogP contribution is 2.31. The molecule has 1 amide bonds. The maximum Gasteiger partial charge on any atom is 0.417 e. The van der Waals surface area contributed by atoms with Crippen molar-refractivity contribution in [2.45, 2.75) is 25.1 Å². The van der Waals surface area contributed by atoms with Gasteiger partial charge in [-0.2, -0.15) is 13.2 Å². The summed E-state index contributed by atoms with van der Waals surface area (Å²) in [6.45, 7) is 0.691. The van der Waals surface area contributed by atoms with Crippen LogP contribution in [0, 0.1) is 0 Å². The van der Waals surface area contributed by atoms with Crippen molar-refractivity contribution in [3.63, 3.8) is 0 Å². The van der Waals surface area contributed by atoms with Crippen LogP contribution in [-0.2, 0) is 11.0 Å². The minimum Gasteiger partial charge on any atom is -0.439 e. The largest absolute Gasteiger partial charge is 0.439 e. The predicted octanol–water partition coefficient (Wildman–Crippen LogP) is 3.80. The second-order valence-electron chi connectivity index (χ2n) is 7.00. The average molecular weight is 429 g/mol. The first kappa shape index (κ1) is 20.6. The first-order valence-electron chi connectivity index (χ1n) is 9.52. The van der Waals surface area contributed by atoms with Gasteiger partial charge in [0.2, 0.25) is 11.8 Å². The lowest BCUT2D eigenvalue weighted by molar-refractivity contribution is -0.137. The van der Waals surface area contributed by atoms with E-state index in [9.17, 15) is 18.0 Å². The number of pyridine rings is 1. The smallest absolute Gasteiger partial charge is 0.417 e. The number of ether oxygens (including phenoxy) is 1. The van der Waals surface area contributed by atoms with Gasteiger partial charge in [0.15, 0.2) is 5.82 Å². The van der Waals surface area contributed by atoms with E-state index in [1.165, 1.54) is 0 Å². The Kier molecular flexibility index (Phi) is 5.45. The number of hydrogen-bond acceptors (Lipinski definition) is 6. The minimum absolute atomic E-state index is 0.0468. The normalized spacial score (nSPS) is 16.4. The van der Waals surface area contributed by atoms with Crippen molar-refractivity contribution in [1.82, 2.24) is 15.0 Å². The highest BCUT2D eigenvalue weighted by atomic mass is 19.4. The quantitative estimate of drug-likeness (QED) is 0.663. The number of aromatic nitrogens is 3. The Morgan fingerprint density at radius 2 is 1.87 bits per heavy atom. The Morgan fingerprint density at radius 1 is 1.10 bits per heavy atom. The number of alkyl halides is 3. The molecule has 0 spiro atoms. The number of amides is 1. The molecule has 2 N–H and O–H groups in total. The summed E-state index contributed by atoms with van der Waals surface area (Å²) in [5.74, 6) is 1.16. The van der Waals surface area contributed by atoms with Crippen LogP contribution < -0.4 is 15.4 Å². The molecule has 1 atom stereocenters. The Hall–Kier alpha value is -3.69. The van der Waals surface area contributed by atoms with E-state index < -0.39 is 11.7 Å². The third-order valence-corrected chi connectivity index (χ3v) is 4.91. The highest BCUT2D eigenvalue weighted by Gasteiger charge is 2.31. The molecule has 10 heteroatoms. The van der Waals surface area contributed by atoms with Crippen LogP contribution in [0.15, 0.2) is 54.9 Å². The Morgan fingerprint density at radius 3 is 2.52 bits per heavy atom. The molecule has 1 aliphatic heterocycles. The van der Waals surface area contributed by atoms with Gasteiger partial charge in [-0.05, 0) is 49.2 Å². The summed E-state index contributed by atoms with van der Waals surface area (Å²) in [4.78, 5) is 26.1. The van der Waals surface area contributed by atoms with Crippen molar-refractivity contribution in [3.8, 4) is 23.0 Å². The number of rotatable bonds is 5. The third kappa shape index (κ3) is 4.57. The van der Waals surface area contributed by atoms with Gasteiger partial charge in [-0.25, -0.2) is 15.0 Å². The van der Waals surface area contributed by atoms with Crippen molar-refractivity contribution < 1.29 is 22.7 Å². The summed E-state index contributed by atoms with van der Waals surface area (Å²) in [5.41, 5.74) is 5.35. The zero-order valence-electron chi connectivity index (χ0n) is 16.2. The van der Waals surface area contributed by atoms with Gasteiger partial charge in [-0.1, -0.05) is 0 Å². The van der Waals surface area contributed by atoms with Crippen LogP contribution in [0.5, 0.6) is 11.6 Å². The summed E-state index contributed by atoms with van der Waals surface area (Å²) >= 11 is 0. The maximum atomic E-state index is 12.6. The molecular weight excluding hydrogens is 411 g/mol. The summed E-state index contributed by atoms with van der Waals surface area (Å²) in [5, 5.41) is 0. The first-order chi connectivity index (χ1) is 14.8. The van der Waals surface area contributed by atoms with E-state index in [0.29, 0.717) is 35.9 Å². The molecule has 0 saturated carbocycles. The average Bonchev–Trinajstić information content (AvgIpc) is 3.25. The van der Waals surface area contributed by atoms with E-state index in [4.69, 9.17) is 10.5 Å². The molecule has 31 heavy (non-hydrogen) atoms. The molecule has 1 unspecified atom stereocenters. The van der Waals surface area contributed by atoms with Gasteiger partial charge in [-0.3, -0.25) is 4.79 Å². The molecule has 1 saturated heterocycles. The van der Waals surface area contributed by atoms with Crippen molar-refractivity contribution in [2.24, 2.45) is 5.73 Å². The molecule has 7 nitrogen and oxygen atoms in total. The lowest BCUT2D eigenvalue weighted by atomic mass is 10.2. The van der Waals surface area contributed by atoms with E-state index in [-0.39, 0.29) is 17.8 Å². The van der Waals surface area contributed by atoms with Crippen molar-refractivity contribution >= 4 is 11.7 Å². The van der Waals surface area contributed by atoms with Gasteiger partial charge in [-0.15, -0.1) is 0 Å². The standard InChI is InChI=1S/C21H18F3N5O2/c22-21(23,24)14-5-8-18(27-12-14)31-15-6-3-13(4-7-15)20-26-10-9-17(28-20)29-11-1-2-16(29)19(25)30/h3-10,12,16H,1-2,11H2,(H2,25,30). The molecule has 3 heterocycles. The van der Waals surface area contributed by atoms with Crippen LogP contribution in [0.1, 0.15) is 18.4 Å². The van der Waals surface area contributed by atoms with Crippen LogP contribution in [0.2, 0.25) is 0 Å². The first-order valence-corrected chi connectivity index (χ1v) is 9.52. The summed E-state index contributed by atoms with van der Waals surface area (Å²) in [7, 11) is 0. The zero-order chi connectivity index (χ0) is 22.0. The van der Waals surface area contributed by atoms with Crippen LogP contribution in [0.3, 0.4) is 0 Å². The van der Waals surface area contributed by atoms with E-state index in [0.717, 1.165) is 24.8 Å². The van der Waals surface area contributed by atoms with Gasteiger partial charge >= 0.3 is 6.18 Å². The van der Waals surface area contributed by atoms with E-state index in [2.05, 4.69) is 15.0 Å². The number of carbonyl (C=O) groups is 1. The molecule has 0 aliphatic carbocycles. The van der Waals surface area contributed by atoms with Gasteiger partial charge in [0.25, 0.3) is 0 Å². The molecule has 1 fully saturated rings. The predicted molar refractivity (Wildman–Crippen MR) is 106 cm³/mol. The molecule has 2 aromatic heterocycles. The minimum atomic E-state index is -4.45. The number of nitrogens with two attached hydrogens (primary N) is 1. The van der Waals surface area contributed by atoms with Gasteiger partial charge < -0.3 is 15.4 Å². The molecule has 4 rings (SSSR count). The lowest BCUT2D eigenvalue weighted by Gasteiger charge is -2.23. The van der Waals surface area contributed by atoms with Crippen LogP contribution in [0.25, 0.3) is 11.4 Å². The molecule has 1 aliphatic rings. The second-order valence-corrected chi connectivity index (χ2v) is 7.00. The van der Waals surface area contributed by atoms with Gasteiger partial charge in [0.1, 0.15) is 17.6 Å². The summed E-state index contributed by atoms with van der Waals surface area (Å²) in [6, 6.07) is 10.2. The van der Waals surface area contributed by atoms with E-state index in [1.807, 2.05) is 4.90 Å².